The number of nitrogens with two attached hydrogens (primary N) is 1. The van der Waals surface area contributed by atoms with Gasteiger partial charge in [-0.15, -0.1) is 0 Å². The highest BCUT2D eigenvalue weighted by molar-refractivity contribution is 5.63. The Hall–Kier alpha value is -2.46. The molecule has 0 radical (unpaired) electrons. The molecule has 1 heterocycles. The van der Waals surface area contributed by atoms with Crippen molar-refractivity contribution in [3.63, 3.8) is 0 Å². The summed E-state index contributed by atoms with van der Waals surface area (Å²) >= 11 is 0. The Morgan fingerprint density at radius 3 is 2.45 bits per heavy atom. The van der Waals surface area contributed by atoms with E-state index in [9.17, 15) is 0 Å². The quantitative estimate of drug-likeness (QED) is 0.810. The molecule has 0 saturated carbocycles. The zero-order valence-electron chi connectivity index (χ0n) is 12.9. The van der Waals surface area contributed by atoms with Crippen LogP contribution in [0.3, 0.4) is 0 Å². The summed E-state index contributed by atoms with van der Waals surface area (Å²) in [6.07, 6.45) is 0. The van der Waals surface area contributed by atoms with Gasteiger partial charge in [-0.3, -0.25) is 0 Å². The summed E-state index contributed by atoms with van der Waals surface area (Å²) in [5, 5.41) is 6.62. The third-order valence-electron chi connectivity index (χ3n) is 3.73. The first kappa shape index (κ1) is 14.5. The molecule has 4 heteroatoms. The second-order valence-corrected chi connectivity index (χ2v) is 5.62. The van der Waals surface area contributed by atoms with Gasteiger partial charge in [0.1, 0.15) is 11.6 Å². The zero-order valence-corrected chi connectivity index (χ0v) is 12.9. The van der Waals surface area contributed by atoms with E-state index in [1.165, 1.54) is 16.7 Å². The molecule has 0 aromatic heterocycles. The van der Waals surface area contributed by atoms with Gasteiger partial charge in [0.2, 0.25) is 0 Å². The number of hydrogen-bond acceptors (Lipinski definition) is 4. The predicted molar refractivity (Wildman–Crippen MR) is 89.3 cm³/mol. The fourth-order valence-electron chi connectivity index (χ4n) is 2.38. The van der Waals surface area contributed by atoms with Crippen molar-refractivity contribution in [2.75, 3.05) is 5.32 Å². The average Bonchev–Trinajstić information content (AvgIpc) is 2.51. The van der Waals surface area contributed by atoms with Gasteiger partial charge < -0.3 is 21.1 Å². The van der Waals surface area contributed by atoms with Crippen molar-refractivity contribution in [1.82, 2.24) is 5.32 Å². The molecule has 4 N–H and O–H groups in total. The third-order valence-corrected chi connectivity index (χ3v) is 3.73. The molecule has 22 heavy (non-hydrogen) atoms. The largest absolute Gasteiger partial charge is 0.456 e. The topological polar surface area (TPSA) is 59.3 Å². The number of allylic oxidation sites excluding steroid dienone is 1. The Morgan fingerprint density at radius 2 is 1.68 bits per heavy atom. The molecule has 0 fully saturated rings. The van der Waals surface area contributed by atoms with E-state index in [4.69, 9.17) is 10.5 Å². The number of aryl methyl sites for hydroxylation is 1. The average molecular weight is 295 g/mol. The molecule has 3 rings (SSSR count). The first-order valence-electron chi connectivity index (χ1n) is 7.42. The number of hydrogen-bond donors (Lipinski definition) is 3. The summed E-state index contributed by atoms with van der Waals surface area (Å²) in [7, 11) is 0. The first-order chi connectivity index (χ1) is 10.6. The zero-order chi connectivity index (χ0) is 15.5. The normalized spacial score (nSPS) is 13.4. The van der Waals surface area contributed by atoms with Crippen LogP contribution in [-0.4, -0.2) is 0 Å². The molecule has 1 aliphatic rings. The molecule has 4 nitrogen and oxygen atoms in total. The molecule has 0 amide bonds. The lowest BCUT2D eigenvalue weighted by atomic mass is 10.1. The van der Waals surface area contributed by atoms with Gasteiger partial charge in [-0.25, -0.2) is 0 Å². The van der Waals surface area contributed by atoms with Crippen LogP contribution in [0.1, 0.15) is 23.6 Å². The van der Waals surface area contributed by atoms with Crippen LogP contribution in [0.2, 0.25) is 0 Å². The summed E-state index contributed by atoms with van der Waals surface area (Å²) in [6.45, 7) is 5.59. The van der Waals surface area contributed by atoms with Gasteiger partial charge in [-0.05, 0) is 37.1 Å². The van der Waals surface area contributed by atoms with Crippen molar-refractivity contribution in [2.24, 2.45) is 5.73 Å². The van der Waals surface area contributed by atoms with E-state index in [0.717, 1.165) is 24.5 Å². The number of anilines is 1. The minimum absolute atomic E-state index is 0.567. The summed E-state index contributed by atoms with van der Waals surface area (Å²) in [4.78, 5) is 0. The molecule has 114 valence electrons. The van der Waals surface area contributed by atoms with Crippen molar-refractivity contribution < 1.29 is 4.74 Å². The summed E-state index contributed by atoms with van der Waals surface area (Å²) < 4.78 is 5.66. The second kappa shape index (κ2) is 6.12. The molecule has 0 atom stereocenters. The Bertz CT molecular complexity index is 705. The van der Waals surface area contributed by atoms with Gasteiger partial charge in [0.05, 0.1) is 5.69 Å². The van der Waals surface area contributed by atoms with Gasteiger partial charge in [0.15, 0.2) is 5.75 Å². The Kier molecular flexibility index (Phi) is 4.02. The van der Waals surface area contributed by atoms with E-state index < -0.39 is 0 Å². The highest BCUT2D eigenvalue weighted by atomic mass is 16.5. The van der Waals surface area contributed by atoms with Crippen LogP contribution in [-0.2, 0) is 13.1 Å². The van der Waals surface area contributed by atoms with E-state index in [-0.39, 0.29) is 0 Å². The van der Waals surface area contributed by atoms with Gasteiger partial charge in [0, 0.05) is 13.1 Å². The van der Waals surface area contributed by atoms with Crippen LogP contribution in [0.5, 0.6) is 5.75 Å². The molecule has 0 bridgehead atoms. The van der Waals surface area contributed by atoms with Crippen LogP contribution in [0.15, 0.2) is 54.0 Å². The number of fused-ring (bicyclic) bond motifs is 1. The van der Waals surface area contributed by atoms with Crippen LogP contribution in [0.25, 0.3) is 0 Å². The third kappa shape index (κ3) is 3.23. The molecule has 0 unspecified atom stereocenters. The number of nitrogens with one attached hydrogen (secondary N) is 2. The molecule has 2 aromatic carbocycles. The standard InChI is InChI=1S/C18H21N3O/c1-12-3-5-14(6-4-12)10-20-11-15-7-8-17-16(9-15)21-18(19)13(2)22-17/h3-9,20-21H,10-11,19H2,1-2H3. The van der Waals surface area contributed by atoms with Crippen LogP contribution >= 0.6 is 0 Å². The van der Waals surface area contributed by atoms with Crippen molar-refractivity contribution >= 4 is 5.69 Å². The lowest BCUT2D eigenvalue weighted by molar-refractivity contribution is 0.415. The molecule has 1 aliphatic heterocycles. The maximum absolute atomic E-state index is 5.86. The van der Waals surface area contributed by atoms with E-state index in [2.05, 4.69) is 54.0 Å². The maximum atomic E-state index is 5.86. The monoisotopic (exact) mass is 295 g/mol. The number of ether oxygens (including phenoxy) is 1. The lowest BCUT2D eigenvalue weighted by Crippen LogP contribution is -2.19. The van der Waals surface area contributed by atoms with Crippen molar-refractivity contribution in [3.8, 4) is 5.75 Å². The van der Waals surface area contributed by atoms with E-state index in [1.807, 2.05) is 13.0 Å². The number of rotatable bonds is 4. The van der Waals surface area contributed by atoms with Crippen LogP contribution in [0, 0.1) is 6.92 Å². The van der Waals surface area contributed by atoms with Crippen LogP contribution < -0.4 is 21.1 Å². The SMILES string of the molecule is CC1=C(N)Nc2cc(CNCc3ccc(C)cc3)ccc2O1. The summed E-state index contributed by atoms with van der Waals surface area (Å²) in [6, 6.07) is 14.7. The summed E-state index contributed by atoms with van der Waals surface area (Å²) in [5.74, 6) is 2.09. The molecular formula is C18H21N3O. The Morgan fingerprint density at radius 1 is 1.00 bits per heavy atom. The Balaban J connectivity index is 1.61. The highest BCUT2D eigenvalue weighted by Crippen LogP contribution is 2.31. The van der Waals surface area contributed by atoms with E-state index in [0.29, 0.717) is 11.6 Å². The molecule has 0 spiro atoms. The molecular weight excluding hydrogens is 274 g/mol. The smallest absolute Gasteiger partial charge is 0.150 e. The van der Waals surface area contributed by atoms with Gasteiger partial charge >= 0.3 is 0 Å². The van der Waals surface area contributed by atoms with Crippen molar-refractivity contribution in [2.45, 2.75) is 26.9 Å². The van der Waals surface area contributed by atoms with Crippen molar-refractivity contribution in [1.29, 1.82) is 0 Å². The van der Waals surface area contributed by atoms with Crippen molar-refractivity contribution in [3.05, 3.63) is 70.7 Å². The Labute approximate surface area is 131 Å². The van der Waals surface area contributed by atoms with E-state index in [1.54, 1.807) is 0 Å². The maximum Gasteiger partial charge on any atom is 0.150 e. The molecule has 0 saturated heterocycles. The second-order valence-electron chi connectivity index (χ2n) is 5.62. The summed E-state index contributed by atoms with van der Waals surface area (Å²) in [5.41, 5.74) is 10.5. The molecule has 0 aliphatic carbocycles. The highest BCUT2D eigenvalue weighted by Gasteiger charge is 2.14. The fraction of sp³-hybridized carbons (Fsp3) is 0.222. The van der Waals surface area contributed by atoms with Gasteiger partial charge in [-0.1, -0.05) is 35.9 Å². The van der Waals surface area contributed by atoms with E-state index >= 15 is 0 Å². The first-order valence-corrected chi connectivity index (χ1v) is 7.42. The molecule has 2 aromatic rings. The number of benzene rings is 2. The minimum Gasteiger partial charge on any atom is -0.456 e. The van der Waals surface area contributed by atoms with Crippen LogP contribution in [0.4, 0.5) is 5.69 Å². The lowest BCUT2D eigenvalue weighted by Gasteiger charge is -2.21. The van der Waals surface area contributed by atoms with Gasteiger partial charge in [0.25, 0.3) is 0 Å². The van der Waals surface area contributed by atoms with Gasteiger partial charge in [-0.2, -0.15) is 0 Å². The predicted octanol–water partition coefficient (Wildman–Crippen LogP) is 3.24. The minimum atomic E-state index is 0.567. The fourth-order valence-corrected chi connectivity index (χ4v) is 2.38.